The van der Waals surface area contributed by atoms with Crippen molar-refractivity contribution in [2.45, 2.75) is 11.8 Å². The lowest BCUT2D eigenvalue weighted by atomic mass is 10.0. The number of nitrogens with zero attached hydrogens (tertiary/aromatic N) is 5. The number of aromatic nitrogens is 1. The number of pyridine rings is 1. The molecule has 3 N–H and O–H groups in total. The molecule has 0 saturated heterocycles. The highest BCUT2D eigenvalue weighted by Gasteiger charge is 2.20. The molecule has 0 bridgehead atoms. The Kier molecular flexibility index (Phi) is 6.21. The Hall–Kier alpha value is -4.35. The third kappa shape index (κ3) is 4.56. The minimum absolute atomic E-state index is 0.0338. The first-order valence-corrected chi connectivity index (χ1v) is 11.4. The minimum Gasteiger partial charge on any atom is -0.305 e. The average Bonchev–Trinajstić information content (AvgIpc) is 2.83. The van der Waals surface area contributed by atoms with Gasteiger partial charge in [-0.3, -0.25) is 14.3 Å². The van der Waals surface area contributed by atoms with Gasteiger partial charge < -0.3 is 5.84 Å². The Morgan fingerprint density at radius 3 is 2.29 bits per heavy atom. The van der Waals surface area contributed by atoms with E-state index in [1.54, 1.807) is 48.5 Å². The molecule has 3 aromatic carbocycles. The van der Waals surface area contributed by atoms with Crippen LogP contribution >= 0.6 is 0 Å². The van der Waals surface area contributed by atoms with Crippen LogP contribution in [0.2, 0.25) is 0 Å². The topological polar surface area (TPSA) is 160 Å². The van der Waals surface area contributed by atoms with E-state index in [2.05, 4.69) is 25.5 Å². The summed E-state index contributed by atoms with van der Waals surface area (Å²) in [6.07, 6.45) is 1.46. The monoisotopic (exact) mass is 474 g/mol. The van der Waals surface area contributed by atoms with Crippen molar-refractivity contribution in [3.63, 3.8) is 0 Å². The summed E-state index contributed by atoms with van der Waals surface area (Å²) in [6.45, 7) is 1.49. The smallest absolute Gasteiger partial charge is 0.295 e. The van der Waals surface area contributed by atoms with Crippen molar-refractivity contribution in [3.05, 3.63) is 78.5 Å². The molecule has 11 heteroatoms. The van der Waals surface area contributed by atoms with Crippen molar-refractivity contribution in [1.82, 2.24) is 4.98 Å². The van der Waals surface area contributed by atoms with Gasteiger partial charge in [0, 0.05) is 21.9 Å². The predicted molar refractivity (Wildman–Crippen MR) is 126 cm³/mol. The molecule has 1 heterocycles. The number of nitrogens with two attached hydrogens (primary N) is 1. The van der Waals surface area contributed by atoms with Gasteiger partial charge in [-0.05, 0) is 25.1 Å². The summed E-state index contributed by atoms with van der Waals surface area (Å²) in [7, 11) is -4.56. The maximum Gasteiger partial charge on any atom is 0.295 e. The third-order valence-corrected chi connectivity index (χ3v) is 5.89. The summed E-state index contributed by atoms with van der Waals surface area (Å²) >= 11 is 0. The van der Waals surface area contributed by atoms with Crippen molar-refractivity contribution >= 4 is 43.7 Å². The molecule has 0 amide bonds. The number of azo groups is 1. The number of benzene rings is 3. The van der Waals surface area contributed by atoms with E-state index in [0.29, 0.717) is 27.9 Å². The summed E-state index contributed by atoms with van der Waals surface area (Å²) in [6, 6.07) is 18.1. The predicted octanol–water partition coefficient (Wildman–Crippen LogP) is 5.72. The molecule has 0 fully saturated rings. The normalized spacial score (nSPS) is 12.1. The highest BCUT2D eigenvalue weighted by molar-refractivity contribution is 7.86. The van der Waals surface area contributed by atoms with Gasteiger partial charge in [0.05, 0.1) is 11.9 Å². The first-order valence-electron chi connectivity index (χ1n) is 9.92. The van der Waals surface area contributed by atoms with Crippen LogP contribution in [0.4, 0.5) is 17.1 Å². The number of carbonyl (C=O) groups excluding carboxylic acids is 1. The van der Waals surface area contributed by atoms with Crippen molar-refractivity contribution in [2.75, 3.05) is 0 Å². The highest BCUT2D eigenvalue weighted by atomic mass is 32.2. The lowest BCUT2D eigenvalue weighted by molar-refractivity contribution is 0.101. The fraction of sp³-hybridized carbons (Fsp3) is 0.0435. The fourth-order valence-corrected chi connectivity index (χ4v) is 4.21. The second-order valence-electron chi connectivity index (χ2n) is 7.18. The number of carbonyl (C=O) groups is 1. The van der Waals surface area contributed by atoms with E-state index in [-0.39, 0.29) is 27.4 Å². The quantitative estimate of drug-likeness (QED) is 0.119. The summed E-state index contributed by atoms with van der Waals surface area (Å²) in [5.41, 5.74) is 2.41. The first-order chi connectivity index (χ1) is 16.3. The van der Waals surface area contributed by atoms with Crippen LogP contribution in [0.5, 0.6) is 0 Å². The minimum atomic E-state index is -4.56. The summed E-state index contributed by atoms with van der Waals surface area (Å²) in [5.74, 6) is 5.17. The van der Waals surface area contributed by atoms with E-state index < -0.39 is 10.1 Å². The van der Waals surface area contributed by atoms with E-state index in [1.807, 2.05) is 6.07 Å². The Labute approximate surface area is 194 Å². The summed E-state index contributed by atoms with van der Waals surface area (Å²) in [5, 5.41) is 16.0. The molecule has 34 heavy (non-hydrogen) atoms. The third-order valence-electron chi connectivity index (χ3n) is 5.00. The lowest BCUT2D eigenvalue weighted by Crippen LogP contribution is -1.99. The molecule has 1 aromatic heterocycles. The van der Waals surface area contributed by atoms with Crippen LogP contribution in [-0.2, 0) is 10.1 Å². The number of fused-ring (bicyclic) bond motifs is 1. The van der Waals surface area contributed by atoms with E-state index in [0.717, 1.165) is 6.07 Å². The Bertz CT molecular complexity index is 1560. The Morgan fingerprint density at radius 2 is 1.65 bits per heavy atom. The number of ketones is 1. The number of hydrogen-bond acceptors (Lipinski definition) is 8. The molecule has 0 aliphatic carbocycles. The Balaban J connectivity index is 1.77. The number of rotatable bonds is 6. The van der Waals surface area contributed by atoms with Gasteiger partial charge >= 0.3 is 0 Å². The largest absolute Gasteiger partial charge is 0.305 e. The lowest BCUT2D eigenvalue weighted by Gasteiger charge is -2.09. The molecular formula is C23H18N6O4S. The van der Waals surface area contributed by atoms with Crippen molar-refractivity contribution < 1.29 is 17.8 Å². The molecule has 0 radical (unpaired) electrons. The van der Waals surface area contributed by atoms with Crippen molar-refractivity contribution in [2.24, 2.45) is 26.4 Å². The molecule has 0 aliphatic rings. The van der Waals surface area contributed by atoms with E-state index in [4.69, 9.17) is 5.84 Å². The molecule has 0 unspecified atom stereocenters. The van der Waals surface area contributed by atoms with Crippen LogP contribution in [0.25, 0.3) is 22.0 Å². The van der Waals surface area contributed by atoms with Gasteiger partial charge in [-0.2, -0.15) is 8.42 Å². The molecule has 10 nitrogen and oxygen atoms in total. The highest BCUT2D eigenvalue weighted by Crippen LogP contribution is 2.40. The van der Waals surface area contributed by atoms with E-state index in [1.165, 1.54) is 19.2 Å². The SMILES string of the molecule is CC(=O)c1ccccc1-c1ccc(N=Nc2cc(S(=O)(=O)O)c3ccccc3c2N=NN)cn1. The van der Waals surface area contributed by atoms with E-state index in [9.17, 15) is 17.8 Å². The zero-order valence-electron chi connectivity index (χ0n) is 17.8. The maximum atomic E-state index is 12.0. The molecule has 0 aliphatic heterocycles. The average molecular weight is 475 g/mol. The zero-order valence-corrected chi connectivity index (χ0v) is 18.6. The van der Waals surface area contributed by atoms with Gasteiger partial charge in [-0.1, -0.05) is 53.8 Å². The second-order valence-corrected chi connectivity index (χ2v) is 8.57. The molecule has 4 rings (SSSR count). The summed E-state index contributed by atoms with van der Waals surface area (Å²) < 4.78 is 33.6. The van der Waals surface area contributed by atoms with Crippen LogP contribution in [0.15, 0.2) is 98.4 Å². The first kappa shape index (κ1) is 22.8. The molecule has 0 atom stereocenters. The molecule has 4 aromatic rings. The fourth-order valence-electron chi connectivity index (χ4n) is 3.49. The molecule has 170 valence electrons. The maximum absolute atomic E-state index is 12.0. The zero-order chi connectivity index (χ0) is 24.3. The number of Topliss-reactive ketones (excluding diaryl/α,β-unsaturated/α-hetero) is 1. The van der Waals surface area contributed by atoms with Crippen LogP contribution < -0.4 is 5.84 Å². The van der Waals surface area contributed by atoms with Crippen LogP contribution in [-0.4, -0.2) is 23.7 Å². The summed E-state index contributed by atoms with van der Waals surface area (Å²) in [4.78, 5) is 15.9. The van der Waals surface area contributed by atoms with Gasteiger partial charge in [0.2, 0.25) is 0 Å². The van der Waals surface area contributed by atoms with E-state index >= 15 is 0 Å². The van der Waals surface area contributed by atoms with Gasteiger partial charge in [-0.15, -0.1) is 15.3 Å². The Morgan fingerprint density at radius 1 is 0.941 bits per heavy atom. The van der Waals surface area contributed by atoms with Crippen molar-refractivity contribution in [3.8, 4) is 11.3 Å². The van der Waals surface area contributed by atoms with Gasteiger partial charge in [0.15, 0.2) is 5.78 Å². The van der Waals surface area contributed by atoms with Crippen LogP contribution in [0.1, 0.15) is 17.3 Å². The van der Waals surface area contributed by atoms with Crippen molar-refractivity contribution in [1.29, 1.82) is 0 Å². The van der Waals surface area contributed by atoms with Crippen LogP contribution in [0, 0.1) is 0 Å². The van der Waals surface area contributed by atoms with Gasteiger partial charge in [0.25, 0.3) is 10.1 Å². The van der Waals surface area contributed by atoms with Gasteiger partial charge in [0.1, 0.15) is 22.0 Å². The van der Waals surface area contributed by atoms with Gasteiger partial charge in [-0.25, -0.2) is 0 Å². The molecular weight excluding hydrogens is 456 g/mol. The molecule has 0 saturated carbocycles. The number of hydrogen-bond donors (Lipinski definition) is 2. The standard InChI is InChI=1S/C23H18N6O4S/c1-14(30)16-6-2-3-7-17(16)20-11-10-15(13-25-20)26-27-21-12-22(34(31,32)33)18-8-4-5-9-19(18)23(21)28-29-24/h2-13H,1H3,(H2,24,28)(H,31,32,33). The second kappa shape index (κ2) is 9.25. The molecule has 0 spiro atoms. The van der Waals surface area contributed by atoms with Crippen LogP contribution in [0.3, 0.4) is 0 Å².